The molecule has 7 nitrogen and oxygen atoms in total. The molecule has 0 bridgehead atoms. The predicted molar refractivity (Wildman–Crippen MR) is 84.4 cm³/mol. The van der Waals surface area contributed by atoms with E-state index in [2.05, 4.69) is 15.5 Å². The number of para-hydroxylation sites is 2. The molecule has 0 spiro atoms. The largest absolute Gasteiger partial charge is 0.416 e. The van der Waals surface area contributed by atoms with Crippen molar-refractivity contribution < 1.29 is 14.0 Å². The van der Waals surface area contributed by atoms with Gasteiger partial charge in [0, 0.05) is 5.92 Å². The van der Waals surface area contributed by atoms with Crippen LogP contribution in [0.5, 0.6) is 0 Å². The van der Waals surface area contributed by atoms with E-state index < -0.39 is 0 Å². The zero-order chi connectivity index (χ0) is 15.8. The molecule has 118 valence electrons. The summed E-state index contributed by atoms with van der Waals surface area (Å²) in [4.78, 5) is 25.7. The second kappa shape index (κ2) is 5.69. The molecule has 2 heterocycles. The van der Waals surface area contributed by atoms with Gasteiger partial charge in [0.25, 0.3) is 5.22 Å². The summed E-state index contributed by atoms with van der Waals surface area (Å²) < 4.78 is 5.53. The van der Waals surface area contributed by atoms with E-state index in [4.69, 9.17) is 4.42 Å². The summed E-state index contributed by atoms with van der Waals surface area (Å²) in [6.07, 6.45) is 2.18. The number of carbonyl (C=O) groups is 2. The molecule has 8 heteroatoms. The molecule has 1 fully saturated rings. The molecule has 1 N–H and O–H groups in total. The second-order valence-corrected chi connectivity index (χ2v) is 6.44. The van der Waals surface area contributed by atoms with Crippen LogP contribution in [0.15, 0.2) is 33.9 Å². The van der Waals surface area contributed by atoms with Gasteiger partial charge in [-0.15, -0.1) is 10.2 Å². The Morgan fingerprint density at radius 3 is 3.00 bits per heavy atom. The first-order chi connectivity index (χ1) is 11.2. The fourth-order valence-corrected chi connectivity index (χ4v) is 3.08. The van der Waals surface area contributed by atoms with Crippen molar-refractivity contribution in [2.75, 3.05) is 22.5 Å². The number of rotatable bonds is 4. The molecule has 2 aliphatic rings. The fraction of sp³-hybridized carbons (Fsp3) is 0.333. The molecular formula is C15H14N4O3S. The van der Waals surface area contributed by atoms with E-state index in [1.54, 1.807) is 6.07 Å². The number of hydrogen-bond donors (Lipinski definition) is 1. The average Bonchev–Trinajstić information content (AvgIpc) is 3.30. The smallest absolute Gasteiger partial charge is 0.277 e. The number of thioether (sulfide) groups is 1. The standard InChI is InChI=1S/C15H14N4O3S/c20-12-7-19(11-4-2-1-3-10(11)16-12)13(21)8-23-15-18-17-14(22-15)9-5-6-9/h1-4,9H,5-8H2,(H,16,20). The van der Waals surface area contributed by atoms with Crippen molar-refractivity contribution in [1.82, 2.24) is 10.2 Å². The van der Waals surface area contributed by atoms with E-state index >= 15 is 0 Å². The fourth-order valence-electron chi connectivity index (χ4n) is 2.43. The summed E-state index contributed by atoms with van der Waals surface area (Å²) in [5.74, 6) is 0.834. The minimum Gasteiger partial charge on any atom is -0.416 e. The quantitative estimate of drug-likeness (QED) is 0.863. The molecule has 4 rings (SSSR count). The Balaban J connectivity index is 1.45. The third kappa shape index (κ3) is 2.94. The Labute approximate surface area is 136 Å². The lowest BCUT2D eigenvalue weighted by molar-refractivity contribution is -0.120. The maximum Gasteiger partial charge on any atom is 0.277 e. The van der Waals surface area contributed by atoms with Crippen LogP contribution in [0.4, 0.5) is 11.4 Å². The summed E-state index contributed by atoms with van der Waals surface area (Å²) in [7, 11) is 0. The molecular weight excluding hydrogens is 316 g/mol. The molecule has 1 aliphatic carbocycles. The minimum atomic E-state index is -0.198. The van der Waals surface area contributed by atoms with E-state index in [1.165, 1.54) is 16.7 Å². The number of carbonyl (C=O) groups excluding carboxylic acids is 2. The highest BCUT2D eigenvalue weighted by Gasteiger charge is 2.30. The van der Waals surface area contributed by atoms with Gasteiger partial charge in [-0.25, -0.2) is 0 Å². The van der Waals surface area contributed by atoms with Crippen molar-refractivity contribution in [2.24, 2.45) is 0 Å². The molecule has 0 unspecified atom stereocenters. The van der Waals surface area contributed by atoms with Crippen LogP contribution in [-0.4, -0.2) is 34.3 Å². The Kier molecular flexibility index (Phi) is 3.53. The first kappa shape index (κ1) is 14.3. The molecule has 0 saturated heterocycles. The van der Waals surface area contributed by atoms with Crippen LogP contribution >= 0.6 is 11.8 Å². The Morgan fingerprint density at radius 1 is 1.35 bits per heavy atom. The number of nitrogens with one attached hydrogen (secondary N) is 1. The van der Waals surface area contributed by atoms with Crippen molar-refractivity contribution in [3.63, 3.8) is 0 Å². The highest BCUT2D eigenvalue weighted by Crippen LogP contribution is 2.39. The summed E-state index contributed by atoms with van der Waals surface area (Å²) >= 11 is 1.20. The van der Waals surface area contributed by atoms with Gasteiger partial charge in [0.2, 0.25) is 17.7 Å². The molecule has 0 atom stereocenters. The average molecular weight is 330 g/mol. The van der Waals surface area contributed by atoms with E-state index in [0.29, 0.717) is 28.4 Å². The molecule has 1 saturated carbocycles. The van der Waals surface area contributed by atoms with Crippen LogP contribution in [0, 0.1) is 0 Å². The van der Waals surface area contributed by atoms with Gasteiger partial charge in [0.15, 0.2) is 0 Å². The second-order valence-electron chi connectivity index (χ2n) is 5.51. The highest BCUT2D eigenvalue weighted by molar-refractivity contribution is 7.99. The number of amides is 2. The number of nitrogens with zero attached hydrogens (tertiary/aromatic N) is 3. The predicted octanol–water partition coefficient (Wildman–Crippen LogP) is 2.02. The Morgan fingerprint density at radius 2 is 2.17 bits per heavy atom. The van der Waals surface area contributed by atoms with Gasteiger partial charge in [-0.3, -0.25) is 9.59 Å². The monoisotopic (exact) mass is 330 g/mol. The SMILES string of the molecule is O=C1CN(C(=O)CSc2nnc(C3CC3)o2)c2ccccc2N1. The third-order valence-corrected chi connectivity index (χ3v) is 4.54. The van der Waals surface area contributed by atoms with Crippen molar-refractivity contribution in [1.29, 1.82) is 0 Å². The zero-order valence-corrected chi connectivity index (χ0v) is 13.0. The van der Waals surface area contributed by atoms with Crippen LogP contribution in [0.2, 0.25) is 0 Å². The molecule has 2 aromatic rings. The van der Waals surface area contributed by atoms with Crippen LogP contribution in [0.25, 0.3) is 0 Å². The number of hydrogen-bond acceptors (Lipinski definition) is 6. The lowest BCUT2D eigenvalue weighted by atomic mass is 10.2. The van der Waals surface area contributed by atoms with Crippen LogP contribution in [-0.2, 0) is 9.59 Å². The van der Waals surface area contributed by atoms with E-state index in [0.717, 1.165) is 12.8 Å². The van der Waals surface area contributed by atoms with Crippen molar-refractivity contribution in [3.05, 3.63) is 30.2 Å². The summed E-state index contributed by atoms with van der Waals surface area (Å²) in [6.45, 7) is 0.0214. The maximum absolute atomic E-state index is 12.5. The summed E-state index contributed by atoms with van der Waals surface area (Å²) in [5, 5.41) is 11.1. The third-order valence-electron chi connectivity index (χ3n) is 3.74. The van der Waals surface area contributed by atoms with Crippen LogP contribution in [0.1, 0.15) is 24.7 Å². The lowest BCUT2D eigenvalue weighted by Crippen LogP contribution is -2.43. The number of aromatic nitrogens is 2. The zero-order valence-electron chi connectivity index (χ0n) is 12.2. The summed E-state index contributed by atoms with van der Waals surface area (Å²) in [6, 6.07) is 7.25. The van der Waals surface area contributed by atoms with Gasteiger partial charge in [-0.05, 0) is 25.0 Å². The van der Waals surface area contributed by atoms with E-state index in [1.807, 2.05) is 18.2 Å². The Bertz CT molecular complexity index is 772. The molecule has 1 aromatic carbocycles. The van der Waals surface area contributed by atoms with Crippen LogP contribution < -0.4 is 10.2 Å². The topological polar surface area (TPSA) is 88.3 Å². The van der Waals surface area contributed by atoms with Gasteiger partial charge < -0.3 is 14.6 Å². The van der Waals surface area contributed by atoms with Crippen LogP contribution in [0.3, 0.4) is 0 Å². The summed E-state index contributed by atoms with van der Waals surface area (Å²) in [5.41, 5.74) is 1.36. The minimum absolute atomic E-state index is 0.0214. The molecule has 2 amide bonds. The van der Waals surface area contributed by atoms with Gasteiger partial charge in [0.1, 0.15) is 6.54 Å². The molecule has 1 aromatic heterocycles. The van der Waals surface area contributed by atoms with Gasteiger partial charge >= 0.3 is 0 Å². The normalized spacial score (nSPS) is 16.9. The maximum atomic E-state index is 12.5. The van der Waals surface area contributed by atoms with Crippen molar-refractivity contribution in [3.8, 4) is 0 Å². The Hall–Kier alpha value is -2.35. The first-order valence-corrected chi connectivity index (χ1v) is 8.35. The van der Waals surface area contributed by atoms with E-state index in [-0.39, 0.29) is 24.1 Å². The molecule has 23 heavy (non-hydrogen) atoms. The van der Waals surface area contributed by atoms with Gasteiger partial charge in [-0.2, -0.15) is 0 Å². The first-order valence-electron chi connectivity index (χ1n) is 7.36. The van der Waals surface area contributed by atoms with Crippen molar-refractivity contribution >= 4 is 35.0 Å². The molecule has 0 radical (unpaired) electrons. The number of anilines is 2. The lowest BCUT2D eigenvalue weighted by Gasteiger charge is -2.28. The number of benzene rings is 1. The highest BCUT2D eigenvalue weighted by atomic mass is 32.2. The molecule has 1 aliphatic heterocycles. The van der Waals surface area contributed by atoms with Gasteiger partial charge in [-0.1, -0.05) is 23.9 Å². The van der Waals surface area contributed by atoms with Crippen molar-refractivity contribution in [2.45, 2.75) is 24.0 Å². The van der Waals surface area contributed by atoms with E-state index in [9.17, 15) is 9.59 Å². The van der Waals surface area contributed by atoms with Gasteiger partial charge in [0.05, 0.1) is 17.1 Å². The number of fused-ring (bicyclic) bond motifs is 1.